The van der Waals surface area contributed by atoms with Crippen LogP contribution >= 0.6 is 15.9 Å². The molecule has 0 radical (unpaired) electrons. The van der Waals surface area contributed by atoms with E-state index in [1.807, 2.05) is 0 Å². The van der Waals surface area contributed by atoms with Crippen molar-refractivity contribution in [2.75, 3.05) is 4.72 Å². The number of aromatic nitrogens is 1. The fourth-order valence-electron chi connectivity index (χ4n) is 1.98. The minimum absolute atomic E-state index is 0.00660. The van der Waals surface area contributed by atoms with Gasteiger partial charge in [-0.3, -0.25) is 4.72 Å². The van der Waals surface area contributed by atoms with Crippen LogP contribution in [0.4, 0.5) is 14.5 Å². The summed E-state index contributed by atoms with van der Waals surface area (Å²) in [4.78, 5) is 2.91. The lowest BCUT2D eigenvalue weighted by Gasteiger charge is -2.08. The van der Waals surface area contributed by atoms with Crippen molar-refractivity contribution in [2.45, 2.75) is 23.7 Å². The quantitative estimate of drug-likeness (QED) is 0.798. The average Bonchev–Trinajstić information content (AvgIpc) is 3.12. The Hall–Kier alpha value is -1.41. The third-order valence-electron chi connectivity index (χ3n) is 3.26. The monoisotopic (exact) mass is 376 g/mol. The second-order valence-corrected chi connectivity index (χ2v) is 7.45. The number of hydrogen-bond acceptors (Lipinski definition) is 2. The van der Waals surface area contributed by atoms with E-state index in [1.54, 1.807) is 0 Å². The van der Waals surface area contributed by atoms with Crippen LogP contribution in [0.15, 0.2) is 33.8 Å². The second kappa shape index (κ2) is 5.10. The molecule has 1 saturated carbocycles. The van der Waals surface area contributed by atoms with Crippen molar-refractivity contribution in [1.82, 2.24) is 4.98 Å². The van der Waals surface area contributed by atoms with Gasteiger partial charge in [0, 0.05) is 18.0 Å². The standard InChI is InChI=1S/C13H11BrF2N2O2S/c14-9-4-11(16)13(5-10(9)15)18-21(19,20)8-3-12(17-6-8)7-1-2-7/h3-7,17-18H,1-2H2. The van der Waals surface area contributed by atoms with Crippen LogP contribution in [0, 0.1) is 11.6 Å². The van der Waals surface area contributed by atoms with Crippen molar-refractivity contribution >= 4 is 31.6 Å². The smallest absolute Gasteiger partial charge is 0.263 e. The van der Waals surface area contributed by atoms with Gasteiger partial charge in [0.1, 0.15) is 16.5 Å². The highest BCUT2D eigenvalue weighted by atomic mass is 79.9. The summed E-state index contributed by atoms with van der Waals surface area (Å²) in [5.41, 5.74) is 0.419. The van der Waals surface area contributed by atoms with Gasteiger partial charge in [-0.1, -0.05) is 0 Å². The number of rotatable bonds is 4. The number of anilines is 1. The normalized spacial score (nSPS) is 15.2. The summed E-state index contributed by atoms with van der Waals surface area (Å²) < 4.78 is 53.4. The van der Waals surface area contributed by atoms with E-state index in [1.165, 1.54) is 12.3 Å². The average molecular weight is 377 g/mol. The molecule has 1 aromatic heterocycles. The van der Waals surface area contributed by atoms with Crippen LogP contribution in [0.1, 0.15) is 24.5 Å². The Kier molecular flexibility index (Phi) is 3.53. The Bertz CT molecular complexity index is 800. The van der Waals surface area contributed by atoms with Crippen LogP contribution in [-0.4, -0.2) is 13.4 Å². The number of halogens is 3. The number of sulfonamides is 1. The molecule has 0 unspecified atom stereocenters. The molecule has 2 aromatic rings. The summed E-state index contributed by atoms with van der Waals surface area (Å²) in [5, 5.41) is 0. The van der Waals surface area contributed by atoms with Gasteiger partial charge in [-0.05, 0) is 46.8 Å². The topological polar surface area (TPSA) is 62.0 Å². The largest absolute Gasteiger partial charge is 0.363 e. The van der Waals surface area contributed by atoms with E-state index >= 15 is 0 Å². The van der Waals surface area contributed by atoms with Gasteiger partial charge in [0.25, 0.3) is 10.0 Å². The van der Waals surface area contributed by atoms with E-state index in [4.69, 9.17) is 0 Å². The Morgan fingerprint density at radius 1 is 1.19 bits per heavy atom. The first kappa shape index (κ1) is 14.5. The number of benzene rings is 1. The third-order valence-corrected chi connectivity index (χ3v) is 5.21. The minimum atomic E-state index is -3.95. The molecular formula is C13H11BrF2N2O2S. The summed E-state index contributed by atoms with van der Waals surface area (Å²) >= 11 is 2.83. The molecule has 21 heavy (non-hydrogen) atoms. The first-order chi connectivity index (χ1) is 9.87. The first-order valence-electron chi connectivity index (χ1n) is 6.22. The molecule has 2 N–H and O–H groups in total. The van der Waals surface area contributed by atoms with E-state index in [-0.39, 0.29) is 9.37 Å². The summed E-state index contributed by atoms with van der Waals surface area (Å²) in [6.45, 7) is 0. The molecule has 0 saturated heterocycles. The molecule has 8 heteroatoms. The van der Waals surface area contributed by atoms with Gasteiger partial charge in [0.15, 0.2) is 0 Å². The van der Waals surface area contributed by atoms with Crippen molar-refractivity contribution in [2.24, 2.45) is 0 Å². The molecule has 1 fully saturated rings. The summed E-state index contributed by atoms with van der Waals surface area (Å²) in [5.74, 6) is -1.23. The lowest BCUT2D eigenvalue weighted by atomic mass is 10.3. The highest BCUT2D eigenvalue weighted by Gasteiger charge is 2.27. The number of hydrogen-bond donors (Lipinski definition) is 2. The van der Waals surface area contributed by atoms with Crippen LogP contribution in [0.3, 0.4) is 0 Å². The van der Waals surface area contributed by atoms with Crippen LogP contribution < -0.4 is 4.72 Å². The highest BCUT2D eigenvalue weighted by Crippen LogP contribution is 2.40. The molecule has 0 atom stereocenters. The maximum absolute atomic E-state index is 13.7. The lowest BCUT2D eigenvalue weighted by molar-refractivity contribution is 0.592. The molecule has 1 aliphatic carbocycles. The van der Waals surface area contributed by atoms with E-state index in [2.05, 4.69) is 25.6 Å². The fraction of sp³-hybridized carbons (Fsp3) is 0.231. The van der Waals surface area contributed by atoms with Gasteiger partial charge in [-0.25, -0.2) is 17.2 Å². The zero-order valence-electron chi connectivity index (χ0n) is 10.7. The Morgan fingerprint density at radius 3 is 2.57 bits per heavy atom. The summed E-state index contributed by atoms with van der Waals surface area (Å²) in [7, 11) is -3.95. The first-order valence-corrected chi connectivity index (χ1v) is 8.50. The van der Waals surface area contributed by atoms with Gasteiger partial charge < -0.3 is 4.98 Å². The highest BCUT2D eigenvalue weighted by molar-refractivity contribution is 9.10. The van der Waals surface area contributed by atoms with Crippen LogP contribution in [-0.2, 0) is 10.0 Å². The summed E-state index contributed by atoms with van der Waals surface area (Å²) in [6.07, 6.45) is 3.41. The van der Waals surface area contributed by atoms with Crippen LogP contribution in [0.2, 0.25) is 0 Å². The summed E-state index contributed by atoms with van der Waals surface area (Å²) in [6, 6.07) is 3.19. The molecule has 0 amide bonds. The zero-order valence-corrected chi connectivity index (χ0v) is 13.1. The van der Waals surface area contributed by atoms with Crippen molar-refractivity contribution < 1.29 is 17.2 Å². The Morgan fingerprint density at radius 2 is 1.90 bits per heavy atom. The Labute approximate surface area is 128 Å². The lowest BCUT2D eigenvalue weighted by Crippen LogP contribution is -2.13. The molecule has 0 bridgehead atoms. The van der Waals surface area contributed by atoms with E-state index in [0.717, 1.165) is 30.7 Å². The molecule has 4 nitrogen and oxygen atoms in total. The predicted octanol–water partition coefficient (Wildman–Crippen LogP) is 3.73. The van der Waals surface area contributed by atoms with E-state index in [9.17, 15) is 17.2 Å². The molecule has 0 spiro atoms. The molecule has 1 aromatic carbocycles. The van der Waals surface area contributed by atoms with Crippen molar-refractivity contribution in [3.63, 3.8) is 0 Å². The van der Waals surface area contributed by atoms with E-state index in [0.29, 0.717) is 5.92 Å². The maximum atomic E-state index is 13.7. The van der Waals surface area contributed by atoms with Crippen molar-refractivity contribution in [1.29, 1.82) is 0 Å². The van der Waals surface area contributed by atoms with Crippen molar-refractivity contribution in [3.8, 4) is 0 Å². The van der Waals surface area contributed by atoms with Gasteiger partial charge in [-0.2, -0.15) is 0 Å². The van der Waals surface area contributed by atoms with Crippen molar-refractivity contribution in [3.05, 3.63) is 46.2 Å². The van der Waals surface area contributed by atoms with Gasteiger partial charge >= 0.3 is 0 Å². The molecule has 1 heterocycles. The predicted molar refractivity (Wildman–Crippen MR) is 77.6 cm³/mol. The number of nitrogens with one attached hydrogen (secondary N) is 2. The second-order valence-electron chi connectivity index (χ2n) is 4.92. The van der Waals surface area contributed by atoms with Crippen LogP contribution in [0.5, 0.6) is 0 Å². The van der Waals surface area contributed by atoms with E-state index < -0.39 is 27.3 Å². The maximum Gasteiger partial charge on any atom is 0.263 e. The van der Waals surface area contributed by atoms with Gasteiger partial charge in [-0.15, -0.1) is 0 Å². The number of aromatic amines is 1. The van der Waals surface area contributed by atoms with Gasteiger partial charge in [0.05, 0.1) is 10.2 Å². The van der Waals surface area contributed by atoms with Gasteiger partial charge in [0.2, 0.25) is 0 Å². The molecule has 1 aliphatic rings. The van der Waals surface area contributed by atoms with Crippen LogP contribution in [0.25, 0.3) is 0 Å². The third kappa shape index (κ3) is 2.96. The molecular weight excluding hydrogens is 366 g/mol. The number of H-pyrrole nitrogens is 1. The minimum Gasteiger partial charge on any atom is -0.363 e. The molecule has 112 valence electrons. The zero-order chi connectivity index (χ0) is 15.2. The molecule has 3 rings (SSSR count). The molecule has 0 aliphatic heterocycles. The Balaban J connectivity index is 1.90. The fourth-order valence-corrected chi connectivity index (χ4v) is 3.36. The SMILES string of the molecule is O=S(=O)(Nc1cc(F)c(Br)cc1F)c1c[nH]c(C2CC2)c1.